The molecule has 26 heavy (non-hydrogen) atoms. The first kappa shape index (κ1) is 18.9. The van der Waals surface area contributed by atoms with Crippen LogP contribution in [-0.2, 0) is 17.6 Å². The Hall–Kier alpha value is -1.88. The second kappa shape index (κ2) is 7.03. The van der Waals surface area contributed by atoms with E-state index in [0.29, 0.717) is 18.8 Å². The molecular formula is C22H29NO3. The molecule has 0 spiro atoms. The van der Waals surface area contributed by atoms with E-state index in [4.69, 9.17) is 4.74 Å². The molecule has 0 saturated heterocycles. The number of rotatable bonds is 4. The predicted molar refractivity (Wildman–Crippen MR) is 103 cm³/mol. The smallest absolute Gasteiger partial charge is 0.131 e. The van der Waals surface area contributed by atoms with Crippen molar-refractivity contribution in [3.05, 3.63) is 64.7 Å². The number of aliphatic hydroxyl groups is 2. The van der Waals surface area contributed by atoms with E-state index in [-0.39, 0.29) is 12.0 Å². The number of nitrogens with zero attached hydrogens (tertiary/aromatic N) is 1. The van der Waals surface area contributed by atoms with Crippen molar-refractivity contribution in [3.8, 4) is 5.75 Å². The minimum atomic E-state index is -1.18. The Labute approximate surface area is 156 Å². The maximum atomic E-state index is 11.9. The first-order valence-electron chi connectivity index (χ1n) is 9.12. The molecule has 0 amide bonds. The number of ether oxygens (including phenoxy) is 1. The maximum Gasteiger partial charge on any atom is 0.131 e. The molecule has 1 heterocycles. The predicted octanol–water partition coefficient (Wildman–Crippen LogP) is 3.04. The number of β-amino-alcohol motifs (C(OH)–C–C–N with tert-alkyl or cyclic N) is 2. The van der Waals surface area contributed by atoms with Crippen LogP contribution in [0, 0.1) is 0 Å². The molecule has 0 radical (unpaired) electrons. The Bertz CT molecular complexity index is 781. The number of benzene rings is 2. The van der Waals surface area contributed by atoms with Gasteiger partial charge in [-0.25, -0.2) is 0 Å². The third-order valence-electron chi connectivity index (χ3n) is 5.24. The summed E-state index contributed by atoms with van der Waals surface area (Å²) < 4.78 is 5.61. The monoisotopic (exact) mass is 355 g/mol. The molecule has 1 aliphatic heterocycles. The van der Waals surface area contributed by atoms with Crippen molar-refractivity contribution in [3.63, 3.8) is 0 Å². The highest BCUT2D eigenvalue weighted by Gasteiger charge is 2.41. The third kappa shape index (κ3) is 3.37. The average Bonchev–Trinajstić information content (AvgIpc) is 2.60. The highest BCUT2D eigenvalue weighted by atomic mass is 16.5. The van der Waals surface area contributed by atoms with E-state index in [9.17, 15) is 10.2 Å². The first-order valence-corrected chi connectivity index (χ1v) is 9.12. The van der Waals surface area contributed by atoms with Crippen molar-refractivity contribution in [2.75, 3.05) is 26.8 Å². The molecule has 1 unspecified atom stereocenters. The Balaban J connectivity index is 2.20. The van der Waals surface area contributed by atoms with Gasteiger partial charge in [0.25, 0.3) is 0 Å². The van der Waals surface area contributed by atoms with Gasteiger partial charge in [-0.3, -0.25) is 4.90 Å². The van der Waals surface area contributed by atoms with E-state index in [1.54, 1.807) is 7.11 Å². The average molecular weight is 355 g/mol. The van der Waals surface area contributed by atoms with Crippen LogP contribution < -0.4 is 4.74 Å². The van der Waals surface area contributed by atoms with E-state index in [1.165, 1.54) is 0 Å². The fourth-order valence-corrected chi connectivity index (χ4v) is 3.79. The molecule has 0 saturated carbocycles. The lowest BCUT2D eigenvalue weighted by Gasteiger charge is -2.42. The summed E-state index contributed by atoms with van der Waals surface area (Å²) >= 11 is 0. The molecule has 2 N–H and O–H groups in total. The van der Waals surface area contributed by atoms with Crippen molar-refractivity contribution in [2.24, 2.45) is 0 Å². The van der Waals surface area contributed by atoms with Crippen LogP contribution in [-0.4, -0.2) is 41.9 Å². The molecule has 0 aromatic heterocycles. The van der Waals surface area contributed by atoms with Crippen molar-refractivity contribution in [1.29, 1.82) is 0 Å². The third-order valence-corrected chi connectivity index (χ3v) is 5.24. The molecule has 0 bridgehead atoms. The molecule has 3 rings (SSSR count). The molecule has 1 aliphatic rings. The normalized spacial score (nSPS) is 20.7. The van der Waals surface area contributed by atoms with Gasteiger partial charge in [0.2, 0.25) is 0 Å². The standard InChI is InChI=1S/C22H29NO3/c1-21(2,3)17-9-10-20(26-4)19(13-17)22(25)15-23(11-12-24)14-16-7-5-6-8-18(16)22/h5-10,13,24-25H,11-12,14-15H2,1-4H3. The van der Waals surface area contributed by atoms with E-state index in [2.05, 4.69) is 37.8 Å². The van der Waals surface area contributed by atoms with Gasteiger partial charge in [0, 0.05) is 25.2 Å². The van der Waals surface area contributed by atoms with E-state index < -0.39 is 5.60 Å². The van der Waals surface area contributed by atoms with Crippen LogP contribution in [0.3, 0.4) is 0 Å². The summed E-state index contributed by atoms with van der Waals surface area (Å²) in [6.07, 6.45) is 0. The molecule has 0 fully saturated rings. The summed E-state index contributed by atoms with van der Waals surface area (Å²) in [6, 6.07) is 14.1. The summed E-state index contributed by atoms with van der Waals surface area (Å²) in [5, 5.41) is 21.3. The van der Waals surface area contributed by atoms with Gasteiger partial charge in [0.1, 0.15) is 11.4 Å². The minimum absolute atomic E-state index is 0.0314. The topological polar surface area (TPSA) is 52.9 Å². The largest absolute Gasteiger partial charge is 0.496 e. The van der Waals surface area contributed by atoms with Gasteiger partial charge >= 0.3 is 0 Å². The summed E-state index contributed by atoms with van der Waals surface area (Å²) in [5.74, 6) is 0.682. The lowest BCUT2D eigenvalue weighted by molar-refractivity contribution is 0.0115. The lowest BCUT2D eigenvalue weighted by Crippen LogP contribution is -2.47. The van der Waals surface area contributed by atoms with Crippen molar-refractivity contribution in [1.82, 2.24) is 4.90 Å². The van der Waals surface area contributed by atoms with E-state index in [0.717, 1.165) is 28.8 Å². The highest BCUT2D eigenvalue weighted by molar-refractivity contribution is 5.51. The van der Waals surface area contributed by atoms with Crippen molar-refractivity contribution in [2.45, 2.75) is 38.3 Å². The van der Waals surface area contributed by atoms with Gasteiger partial charge < -0.3 is 14.9 Å². The lowest BCUT2D eigenvalue weighted by atomic mass is 9.77. The summed E-state index contributed by atoms with van der Waals surface area (Å²) in [7, 11) is 1.64. The Morgan fingerprint density at radius 3 is 2.50 bits per heavy atom. The molecule has 0 aliphatic carbocycles. The van der Waals surface area contributed by atoms with Crippen LogP contribution in [0.1, 0.15) is 43.0 Å². The molecular weight excluding hydrogens is 326 g/mol. The molecule has 140 valence electrons. The Morgan fingerprint density at radius 2 is 1.85 bits per heavy atom. The highest BCUT2D eigenvalue weighted by Crippen LogP contribution is 2.42. The molecule has 4 heteroatoms. The number of methoxy groups -OCH3 is 1. The van der Waals surface area contributed by atoms with Crippen LogP contribution >= 0.6 is 0 Å². The fraction of sp³-hybridized carbons (Fsp3) is 0.455. The van der Waals surface area contributed by atoms with Crippen LogP contribution in [0.2, 0.25) is 0 Å². The van der Waals surface area contributed by atoms with Crippen molar-refractivity contribution >= 4 is 0 Å². The van der Waals surface area contributed by atoms with Gasteiger partial charge in [0.15, 0.2) is 0 Å². The fourth-order valence-electron chi connectivity index (χ4n) is 3.79. The Kier molecular flexibility index (Phi) is 5.11. The van der Waals surface area contributed by atoms with E-state index in [1.807, 2.05) is 30.3 Å². The second-order valence-electron chi connectivity index (χ2n) is 8.12. The van der Waals surface area contributed by atoms with Crippen LogP contribution in [0.15, 0.2) is 42.5 Å². The minimum Gasteiger partial charge on any atom is -0.496 e. The number of aliphatic hydroxyl groups excluding tert-OH is 1. The van der Waals surface area contributed by atoms with Gasteiger partial charge in [-0.05, 0) is 34.2 Å². The van der Waals surface area contributed by atoms with Gasteiger partial charge in [-0.1, -0.05) is 51.1 Å². The number of fused-ring (bicyclic) bond motifs is 1. The van der Waals surface area contributed by atoms with Crippen molar-refractivity contribution < 1.29 is 14.9 Å². The van der Waals surface area contributed by atoms with Gasteiger partial charge in [0.05, 0.1) is 13.7 Å². The Morgan fingerprint density at radius 1 is 1.12 bits per heavy atom. The number of hydrogen-bond acceptors (Lipinski definition) is 4. The molecule has 2 aromatic rings. The molecule has 1 atom stereocenters. The zero-order valence-corrected chi connectivity index (χ0v) is 16.1. The van der Waals surface area contributed by atoms with Gasteiger partial charge in [-0.15, -0.1) is 0 Å². The summed E-state index contributed by atoms with van der Waals surface area (Å²) in [4.78, 5) is 2.09. The number of hydrogen-bond donors (Lipinski definition) is 2. The van der Waals surface area contributed by atoms with E-state index >= 15 is 0 Å². The zero-order chi connectivity index (χ0) is 18.9. The van der Waals surface area contributed by atoms with Crippen LogP contribution in [0.25, 0.3) is 0 Å². The SMILES string of the molecule is COc1ccc(C(C)(C)C)cc1C1(O)CN(CCO)Cc2ccccc21. The molecule has 4 nitrogen and oxygen atoms in total. The zero-order valence-electron chi connectivity index (χ0n) is 16.1. The summed E-state index contributed by atoms with van der Waals surface area (Å²) in [5.41, 5.74) is 2.71. The van der Waals surface area contributed by atoms with Crippen LogP contribution in [0.4, 0.5) is 0 Å². The summed E-state index contributed by atoms with van der Waals surface area (Å²) in [6.45, 7) is 8.23. The quantitative estimate of drug-likeness (QED) is 0.885. The molecule has 2 aromatic carbocycles. The first-order chi connectivity index (χ1) is 12.3. The second-order valence-corrected chi connectivity index (χ2v) is 8.12. The van der Waals surface area contributed by atoms with Crippen LogP contribution in [0.5, 0.6) is 5.75 Å². The maximum absolute atomic E-state index is 11.9. The van der Waals surface area contributed by atoms with Gasteiger partial charge in [-0.2, -0.15) is 0 Å².